The van der Waals surface area contributed by atoms with Gasteiger partial charge in [0, 0.05) is 22.8 Å². The van der Waals surface area contributed by atoms with Crippen molar-refractivity contribution in [2.24, 2.45) is 11.8 Å². The monoisotopic (exact) mass is 424 g/mol. The molecule has 0 aromatic carbocycles. The minimum atomic E-state index is -1.77. The smallest absolute Gasteiger partial charge is 0.140 e. The van der Waals surface area contributed by atoms with E-state index in [4.69, 9.17) is 11.1 Å². The molecule has 0 aliphatic rings. The summed E-state index contributed by atoms with van der Waals surface area (Å²) < 4.78 is 0. The molecule has 140 valence electrons. The van der Waals surface area contributed by atoms with Crippen LogP contribution in [0.3, 0.4) is 0 Å². The second-order valence-corrected chi connectivity index (χ2v) is 66.9. The quantitative estimate of drug-likeness (QED) is 0.284. The lowest BCUT2D eigenvalue weighted by Crippen LogP contribution is -2.92. The maximum Gasteiger partial charge on any atom is 0.140 e. The molecule has 23 heavy (non-hydrogen) atoms. The van der Waals surface area contributed by atoms with Gasteiger partial charge in [-0.05, 0) is 23.9 Å². The normalized spacial score (nSPS) is 15.7. The predicted molar refractivity (Wildman–Crippen MR) is 127 cm³/mol. The van der Waals surface area contributed by atoms with Gasteiger partial charge in [-0.3, -0.25) is 0 Å². The summed E-state index contributed by atoms with van der Waals surface area (Å²) in [5.74, 6) is 1.52. The molecule has 0 rings (SSSR count). The third kappa shape index (κ3) is 4.76. The first-order valence-corrected chi connectivity index (χ1v) is 29.4. The summed E-state index contributed by atoms with van der Waals surface area (Å²) in [6.07, 6.45) is -1.46. The molecule has 0 amide bonds. The summed E-state index contributed by atoms with van der Waals surface area (Å²) in [5.41, 5.74) is 0. The molecule has 0 saturated heterocycles. The molecule has 0 aliphatic heterocycles. The van der Waals surface area contributed by atoms with E-state index in [0.29, 0.717) is 0 Å². The van der Waals surface area contributed by atoms with Crippen molar-refractivity contribution in [1.82, 2.24) is 0 Å². The summed E-state index contributed by atoms with van der Waals surface area (Å²) in [6, 6.07) is 2.75. The second-order valence-electron chi connectivity index (χ2n) is 11.7. The molecule has 0 aliphatic carbocycles. The van der Waals surface area contributed by atoms with Crippen LogP contribution in [0.1, 0.15) is 27.7 Å². The van der Waals surface area contributed by atoms with Gasteiger partial charge in [0.25, 0.3) is 0 Å². The first-order chi connectivity index (χ1) is 9.83. The molecule has 0 atom stereocenters. The molecule has 0 spiro atoms. The number of hydrogen-bond acceptors (Lipinski definition) is 0. The number of hydrogen-bond donors (Lipinski definition) is 0. The molecule has 0 aromatic heterocycles. The van der Waals surface area contributed by atoms with Crippen molar-refractivity contribution in [3.63, 3.8) is 0 Å². The molecule has 0 fully saturated rings. The lowest BCUT2D eigenvalue weighted by atomic mass is 10.3. The molecule has 0 N–H and O–H groups in total. The van der Waals surface area contributed by atoms with Crippen LogP contribution >= 0.6 is 11.1 Å². The van der Waals surface area contributed by atoms with Crippen molar-refractivity contribution in [3.05, 3.63) is 0 Å². The van der Waals surface area contributed by atoms with Crippen LogP contribution in [0.5, 0.6) is 0 Å². The van der Waals surface area contributed by atoms with Crippen LogP contribution in [0.25, 0.3) is 0 Å². The predicted octanol–water partition coefficient (Wildman–Crippen LogP) is 7.26. The summed E-state index contributed by atoms with van der Waals surface area (Å²) in [6.45, 7) is 32.3. The van der Waals surface area contributed by atoms with Crippen LogP contribution in [-0.4, -0.2) is 35.8 Å². The Hall–Kier alpha value is 1.37. The van der Waals surface area contributed by atoms with Crippen LogP contribution in [0, 0.1) is 11.8 Å². The van der Waals surface area contributed by atoms with Gasteiger partial charge in [-0.25, -0.2) is 0 Å². The van der Waals surface area contributed by atoms with E-state index in [1.165, 1.54) is 12.1 Å². The first-order valence-electron chi connectivity index (χ1n) is 9.52. The fourth-order valence-electron chi connectivity index (χ4n) is 7.07. The van der Waals surface area contributed by atoms with Gasteiger partial charge in [-0.15, -0.1) is 0 Å². The third-order valence-electron chi connectivity index (χ3n) is 5.51. The number of halogens is 1. The van der Waals surface area contributed by atoms with E-state index >= 15 is 0 Å². The van der Waals surface area contributed by atoms with Gasteiger partial charge in [-0.1, -0.05) is 86.6 Å². The van der Waals surface area contributed by atoms with E-state index in [0.717, 1.165) is 11.8 Å². The van der Waals surface area contributed by atoms with E-state index in [2.05, 4.69) is 86.6 Å². The summed E-state index contributed by atoms with van der Waals surface area (Å²) in [4.78, 5) is 0. The Morgan fingerprint density at radius 3 is 0.913 bits per heavy atom. The Morgan fingerprint density at radius 1 is 0.565 bits per heavy atom. The average Bonchev–Trinajstić information content (AvgIpc) is 2.03. The van der Waals surface area contributed by atoms with E-state index < -0.39 is 35.8 Å². The van der Waals surface area contributed by atoms with Crippen LogP contribution in [-0.2, 0) is 0 Å². The lowest BCUT2D eigenvalue weighted by Gasteiger charge is -2.64. The Balaban J connectivity index is 6.82. The third-order valence-corrected chi connectivity index (χ3v) is 123. The fraction of sp³-hybridized carbons (Fsp3) is 1.00. The Labute approximate surface area is 157 Å². The molecule has 0 aromatic rings. The van der Waals surface area contributed by atoms with Gasteiger partial charge in [0.15, 0.2) is 0 Å². The topological polar surface area (TPSA) is 0 Å². The maximum atomic E-state index is 8.01. The van der Waals surface area contributed by atoms with Crippen molar-refractivity contribution in [1.29, 1.82) is 0 Å². The molecule has 0 bridgehead atoms. The van der Waals surface area contributed by atoms with Gasteiger partial charge in [0.05, 0.1) is 6.14 Å². The van der Waals surface area contributed by atoms with Gasteiger partial charge in [-0.2, -0.15) is 11.1 Å². The Morgan fingerprint density at radius 2 is 0.783 bits per heavy atom. The highest BCUT2D eigenvalue weighted by Gasteiger charge is 2.71. The molecule has 6 heteroatoms. The number of rotatable bonds is 8. The molecule has 0 radical (unpaired) electrons. The lowest BCUT2D eigenvalue weighted by molar-refractivity contribution is 0.693. The van der Waals surface area contributed by atoms with E-state index in [1.807, 2.05) is 0 Å². The van der Waals surface area contributed by atoms with Gasteiger partial charge in [0.1, 0.15) is 6.90 Å². The molecule has 0 heterocycles. The molecule has 0 unspecified atom stereocenters. The highest BCUT2D eigenvalue weighted by atomic mass is 35.6. The minimum Gasteiger partial charge on any atom is -0.171 e. The largest absolute Gasteiger partial charge is 0.171 e. The van der Waals surface area contributed by atoms with Crippen molar-refractivity contribution in [2.45, 2.75) is 98.7 Å². The first kappa shape index (κ1) is 24.4. The summed E-state index contributed by atoms with van der Waals surface area (Å²) in [5, 5.41) is 0. The minimum absolute atomic E-state index is 0.758. The highest BCUT2D eigenvalue weighted by Crippen LogP contribution is 2.50. The second kappa shape index (κ2) is 7.55. The molecular weight excluding hydrogens is 380 g/mol. The van der Waals surface area contributed by atoms with Crippen LogP contribution in [0.4, 0.5) is 0 Å². The van der Waals surface area contributed by atoms with Crippen molar-refractivity contribution in [3.8, 4) is 0 Å². The zero-order chi connectivity index (χ0) is 19.1. The van der Waals surface area contributed by atoms with Crippen LogP contribution in [0.2, 0.25) is 71.0 Å². The van der Waals surface area contributed by atoms with Gasteiger partial charge >= 0.3 is 0 Å². The Bertz CT molecular complexity index is 339. The zero-order valence-electron chi connectivity index (χ0n) is 18.4. The highest BCUT2D eigenvalue weighted by molar-refractivity contribution is 8.10. The molecular formula is C17H45ClSi5. The average molecular weight is 425 g/mol. The van der Waals surface area contributed by atoms with Crippen molar-refractivity contribution in [2.75, 3.05) is 0 Å². The van der Waals surface area contributed by atoms with Gasteiger partial charge < -0.3 is 0 Å². The zero-order valence-corrected chi connectivity index (χ0v) is 24.2. The summed E-state index contributed by atoms with van der Waals surface area (Å²) >= 11 is 8.01. The van der Waals surface area contributed by atoms with Crippen LogP contribution < -0.4 is 0 Å². The summed E-state index contributed by atoms with van der Waals surface area (Å²) in [7, 11) is -3.85. The van der Waals surface area contributed by atoms with Crippen LogP contribution in [0.15, 0.2) is 0 Å². The van der Waals surface area contributed by atoms with E-state index in [1.54, 1.807) is 0 Å². The molecule has 0 nitrogen and oxygen atoms in total. The standard InChI is InChI=1S/C17H45ClSi5/c1-16(2)14-22(18,15-17(3)4)23(19(5,6)7,20(8,9)10)21(11,12)13/h16-17H,14-15H2,1-13H3. The molecule has 0 saturated carbocycles. The maximum absolute atomic E-state index is 8.01. The SMILES string of the molecule is CC(C)C[Si](Cl)(CC(C)C)[Si]([Si](C)(C)C)([Si](C)(C)C)[Si](C)(C)C. The van der Waals surface area contributed by atoms with Crippen molar-refractivity contribution >= 4 is 46.9 Å². The van der Waals surface area contributed by atoms with E-state index in [-0.39, 0.29) is 0 Å². The fourth-order valence-corrected chi connectivity index (χ4v) is 185. The van der Waals surface area contributed by atoms with E-state index in [9.17, 15) is 0 Å². The Kier molecular flexibility index (Phi) is 8.00. The van der Waals surface area contributed by atoms with Gasteiger partial charge in [0.2, 0.25) is 0 Å². The van der Waals surface area contributed by atoms with Crippen molar-refractivity contribution < 1.29 is 0 Å².